The Morgan fingerprint density at radius 3 is 1.17 bits per heavy atom. The van der Waals surface area contributed by atoms with Crippen molar-refractivity contribution in [2.24, 2.45) is 0 Å². The number of furan rings is 2. The third kappa shape index (κ3) is 10.4. The Hall–Kier alpha value is -12.4. The number of benzene rings is 15. The number of nitrogens with zero attached hydrogens (tertiary/aromatic N) is 2. The predicted octanol–water partition coefficient (Wildman–Crippen LogP) is 25.5. The molecule has 0 spiro atoms. The van der Waals surface area contributed by atoms with Crippen LogP contribution in [0, 0.1) is 0 Å². The van der Waals surface area contributed by atoms with Gasteiger partial charge in [0.15, 0.2) is 0 Å². The van der Waals surface area contributed by atoms with Gasteiger partial charge in [-0.05, 0) is 184 Å². The van der Waals surface area contributed by atoms with E-state index in [4.69, 9.17) is 8.83 Å². The molecule has 0 saturated carbocycles. The molecule has 17 aromatic rings. The number of hydrogen-bond donors (Lipinski definition) is 0. The number of para-hydroxylation sites is 3. The number of hydrogen-bond acceptors (Lipinski definition) is 4. The van der Waals surface area contributed by atoms with Gasteiger partial charge in [-0.25, -0.2) is 0 Å². The van der Waals surface area contributed by atoms with Crippen molar-refractivity contribution in [1.82, 2.24) is 0 Å². The summed E-state index contributed by atoms with van der Waals surface area (Å²) in [6.07, 6.45) is 0. The fraction of sp³-hybridized carbons (Fsp3) is 0.0816. The van der Waals surface area contributed by atoms with Crippen LogP contribution in [-0.4, -0.2) is 6.71 Å². The summed E-state index contributed by atoms with van der Waals surface area (Å²) in [6.45, 7) is 13.7. The van der Waals surface area contributed by atoms with E-state index in [9.17, 15) is 0 Å². The van der Waals surface area contributed by atoms with Crippen LogP contribution in [0.3, 0.4) is 0 Å². The highest BCUT2D eigenvalue weighted by Crippen LogP contribution is 2.56. The van der Waals surface area contributed by atoms with Gasteiger partial charge in [-0.2, -0.15) is 0 Å². The van der Waals surface area contributed by atoms with Crippen LogP contribution in [0.5, 0.6) is 0 Å². The average Bonchev–Trinajstić information content (AvgIpc) is 0.826. The molecule has 0 unspecified atom stereocenters. The van der Waals surface area contributed by atoms with E-state index in [2.05, 4.69) is 385 Å². The molecule has 0 fully saturated rings. The summed E-state index contributed by atoms with van der Waals surface area (Å²) in [5, 5.41) is 4.28. The van der Waals surface area contributed by atoms with Crippen molar-refractivity contribution in [2.45, 2.75) is 52.4 Å². The Bertz CT molecular complexity index is 5960. The Morgan fingerprint density at radius 2 is 0.641 bits per heavy atom. The lowest BCUT2D eigenvalue weighted by molar-refractivity contribution is 0.590. The molecule has 2 aromatic heterocycles. The molecule has 4 heterocycles. The lowest BCUT2D eigenvalue weighted by Gasteiger charge is -2.46. The molecule has 490 valence electrons. The van der Waals surface area contributed by atoms with Crippen LogP contribution in [0.1, 0.15) is 52.7 Å². The highest BCUT2D eigenvalue weighted by Gasteiger charge is 2.46. The van der Waals surface area contributed by atoms with Gasteiger partial charge in [0.05, 0.1) is 11.4 Å². The van der Waals surface area contributed by atoms with Crippen molar-refractivity contribution >= 4 is 101 Å². The molecule has 2 aliphatic rings. The van der Waals surface area contributed by atoms with E-state index >= 15 is 0 Å². The summed E-state index contributed by atoms with van der Waals surface area (Å²) in [5.74, 6) is 0. The maximum absolute atomic E-state index is 6.82. The van der Waals surface area contributed by atoms with Crippen LogP contribution in [0.4, 0.5) is 34.1 Å². The largest absolute Gasteiger partial charge is 0.456 e. The number of anilines is 6. The zero-order valence-corrected chi connectivity index (χ0v) is 58.5. The first-order chi connectivity index (χ1) is 50.4. The molecule has 0 bridgehead atoms. The average molecular weight is 1320 g/mol. The first-order valence-corrected chi connectivity index (χ1v) is 36.0. The van der Waals surface area contributed by atoms with E-state index < -0.39 is 0 Å². The lowest BCUT2D eigenvalue weighted by atomic mass is 9.33. The fourth-order valence-corrected chi connectivity index (χ4v) is 16.5. The topological polar surface area (TPSA) is 32.8 Å². The van der Waals surface area contributed by atoms with Crippen molar-refractivity contribution in [3.63, 3.8) is 0 Å². The van der Waals surface area contributed by atoms with Crippen molar-refractivity contribution in [3.05, 3.63) is 345 Å². The molecule has 19 rings (SSSR count). The van der Waals surface area contributed by atoms with E-state index in [1.807, 2.05) is 0 Å². The van der Waals surface area contributed by atoms with Crippen LogP contribution in [-0.2, 0) is 10.8 Å². The van der Waals surface area contributed by atoms with Crippen LogP contribution in [0.15, 0.2) is 342 Å². The summed E-state index contributed by atoms with van der Waals surface area (Å²) in [4.78, 5) is 5.32. The van der Waals surface area contributed by atoms with Gasteiger partial charge in [0.25, 0.3) is 6.71 Å². The molecule has 0 radical (unpaired) electrons. The van der Waals surface area contributed by atoms with Crippen molar-refractivity contribution in [2.75, 3.05) is 9.80 Å². The summed E-state index contributed by atoms with van der Waals surface area (Å²) in [7, 11) is 0. The summed E-state index contributed by atoms with van der Waals surface area (Å²) in [6, 6.07) is 124. The normalized spacial score (nSPS) is 12.7. The molecule has 0 atom stereocenters. The lowest BCUT2D eigenvalue weighted by Crippen LogP contribution is -2.61. The van der Waals surface area contributed by atoms with Crippen molar-refractivity contribution in [1.29, 1.82) is 0 Å². The van der Waals surface area contributed by atoms with E-state index in [0.29, 0.717) is 0 Å². The first-order valence-electron chi connectivity index (χ1n) is 36.0. The molecule has 0 N–H and O–H groups in total. The van der Waals surface area contributed by atoms with Gasteiger partial charge in [0.1, 0.15) is 22.3 Å². The molecule has 4 nitrogen and oxygen atoms in total. The quantitative estimate of drug-likeness (QED) is 0.128. The second-order valence-corrected chi connectivity index (χ2v) is 29.9. The Balaban J connectivity index is 0.969. The molecule has 103 heavy (non-hydrogen) atoms. The summed E-state index contributed by atoms with van der Waals surface area (Å²) in [5.41, 5.74) is 34.0. The molecule has 0 aliphatic carbocycles. The number of rotatable bonds is 10. The van der Waals surface area contributed by atoms with Crippen LogP contribution >= 0.6 is 0 Å². The van der Waals surface area contributed by atoms with E-state index in [1.165, 1.54) is 44.2 Å². The van der Waals surface area contributed by atoms with Crippen LogP contribution < -0.4 is 26.2 Å². The molecule has 5 heteroatoms. The maximum Gasteiger partial charge on any atom is 0.252 e. The van der Waals surface area contributed by atoms with Crippen molar-refractivity contribution in [3.8, 4) is 89.0 Å². The van der Waals surface area contributed by atoms with Gasteiger partial charge >= 0.3 is 0 Å². The molecule has 15 aromatic carbocycles. The highest BCUT2D eigenvalue weighted by atomic mass is 16.3. The van der Waals surface area contributed by atoms with E-state index in [0.717, 1.165) is 150 Å². The minimum Gasteiger partial charge on any atom is -0.456 e. The predicted molar refractivity (Wildman–Crippen MR) is 436 cm³/mol. The summed E-state index contributed by atoms with van der Waals surface area (Å²) >= 11 is 0. The van der Waals surface area contributed by atoms with E-state index in [1.54, 1.807) is 0 Å². The zero-order chi connectivity index (χ0) is 69.2. The molecular weight excluding hydrogens is 1250 g/mol. The minimum absolute atomic E-state index is 0.0659. The van der Waals surface area contributed by atoms with Gasteiger partial charge in [-0.15, -0.1) is 0 Å². The van der Waals surface area contributed by atoms with E-state index in [-0.39, 0.29) is 17.5 Å². The van der Waals surface area contributed by atoms with Gasteiger partial charge in [0, 0.05) is 66.5 Å². The third-order valence-electron chi connectivity index (χ3n) is 21.5. The zero-order valence-electron chi connectivity index (χ0n) is 58.5. The smallest absolute Gasteiger partial charge is 0.252 e. The van der Waals surface area contributed by atoms with Crippen LogP contribution in [0.25, 0.3) is 133 Å². The SMILES string of the molecule is CC(C)(C)c1cccc(-c2ccc3c(c2)N(c2c(-c4ccccc4)cc(C(C)(C)C)cc2-c2ccccc2)c2cccc4c2B3c2cc(-c3cc(-c5ccccc5)cc(-c5ccccc5)c3)ccc2N4c2c(-c3cccc4oc5ccccc5c34)cccc2-c2cccc3oc4ccccc4c23)c1. The van der Waals surface area contributed by atoms with Gasteiger partial charge in [-0.3, -0.25) is 0 Å². The van der Waals surface area contributed by atoms with Gasteiger partial charge in [0.2, 0.25) is 0 Å². The molecular formula is C98H73BN2O2. The Labute approximate surface area is 602 Å². The molecule has 0 amide bonds. The third-order valence-corrected chi connectivity index (χ3v) is 21.5. The van der Waals surface area contributed by atoms with Crippen molar-refractivity contribution < 1.29 is 8.83 Å². The Kier molecular flexibility index (Phi) is 14.5. The second kappa shape index (κ2) is 24.1. The number of fused-ring (bicyclic) bond motifs is 10. The first kappa shape index (κ1) is 61.6. The van der Waals surface area contributed by atoms with Gasteiger partial charge in [-0.1, -0.05) is 296 Å². The monoisotopic (exact) mass is 1320 g/mol. The fourth-order valence-electron chi connectivity index (χ4n) is 16.5. The standard InChI is InChI=1S/C98H73BN2O2/c1-97(2,3)72-37-23-36-66(57-72)68-50-52-82-87(59-68)101(96-80(64-32-15-9-16-33-64)60-73(98(4,5)6)61-81(96)65-34-17-10-18-35-65)86-45-27-44-85-94(86)99(82)83-58-67(71-55-69(62-28-11-7-12-29-62)54-70(56-71)63-30-13-8-14-31-63)51-53-84(83)100(85)95-76(74-40-25-48-90-92(74)78-38-19-21-46-88(78)102-90)42-24-43-77(95)75-41-26-49-91-93(75)79-39-20-22-47-89(79)103-91/h7-61H,1-6H3. The molecule has 0 saturated heterocycles. The van der Waals surface area contributed by atoms with Gasteiger partial charge < -0.3 is 18.6 Å². The Morgan fingerprint density at radius 1 is 0.243 bits per heavy atom. The second-order valence-electron chi connectivity index (χ2n) is 29.9. The van der Waals surface area contributed by atoms with Crippen LogP contribution in [0.2, 0.25) is 0 Å². The highest BCUT2D eigenvalue weighted by molar-refractivity contribution is 7.00. The molecule has 2 aliphatic heterocycles. The summed E-state index contributed by atoms with van der Waals surface area (Å²) < 4.78 is 13.6. The maximum atomic E-state index is 6.82. The minimum atomic E-state index is -0.267.